The summed E-state index contributed by atoms with van der Waals surface area (Å²) >= 11 is 1.24. The summed E-state index contributed by atoms with van der Waals surface area (Å²) in [5.41, 5.74) is 9.19. The van der Waals surface area contributed by atoms with Crippen LogP contribution in [0, 0.1) is 11.3 Å². The molecule has 0 amide bonds. The molecule has 1 aliphatic carbocycles. The summed E-state index contributed by atoms with van der Waals surface area (Å²) in [5.74, 6) is 1.57. The van der Waals surface area contributed by atoms with Crippen molar-refractivity contribution < 1.29 is 4.74 Å². The Balaban J connectivity index is 1.53. The van der Waals surface area contributed by atoms with Gasteiger partial charge in [0.15, 0.2) is 11.0 Å². The van der Waals surface area contributed by atoms with Crippen LogP contribution in [-0.2, 0) is 0 Å². The van der Waals surface area contributed by atoms with E-state index < -0.39 is 0 Å². The number of methoxy groups -OCH3 is 1. The fourth-order valence-electron chi connectivity index (χ4n) is 3.55. The van der Waals surface area contributed by atoms with Crippen molar-refractivity contribution in [2.75, 3.05) is 12.4 Å². The molecule has 2 heterocycles. The number of para-hydroxylation sites is 2. The Morgan fingerprint density at radius 2 is 2.00 bits per heavy atom. The highest BCUT2D eigenvalue weighted by atomic mass is 32.2. The lowest BCUT2D eigenvalue weighted by atomic mass is 10.1. The van der Waals surface area contributed by atoms with Gasteiger partial charge in [-0.3, -0.25) is 10.4 Å². The van der Waals surface area contributed by atoms with Gasteiger partial charge in [-0.2, -0.15) is 0 Å². The lowest BCUT2D eigenvalue weighted by molar-refractivity contribution is 0.417. The average molecular weight is 421 g/mol. The van der Waals surface area contributed by atoms with E-state index in [-0.39, 0.29) is 0 Å². The molecule has 0 aliphatic heterocycles. The summed E-state index contributed by atoms with van der Waals surface area (Å²) in [5, 5.41) is 12.5. The van der Waals surface area contributed by atoms with E-state index in [0.717, 1.165) is 35.5 Å². The Morgan fingerprint density at radius 3 is 2.80 bits per heavy atom. The minimum atomic E-state index is 0.320. The van der Waals surface area contributed by atoms with Gasteiger partial charge in [-0.15, -0.1) is 0 Å². The standard InChI is InChI=1S/C22H24N6OS/c1-29-19-9-5-4-8-17(19)26-15-12-18-16(25-13-15)10-11-20(27-18)28-22(24)30-21(23)14-6-2-3-7-14/h4-5,8-14,23,26H,2-3,6-7H2,1H3,(H2,24,27,28). The van der Waals surface area contributed by atoms with E-state index in [9.17, 15) is 0 Å². The van der Waals surface area contributed by atoms with Crippen LogP contribution in [0.1, 0.15) is 25.7 Å². The van der Waals surface area contributed by atoms with Gasteiger partial charge in [0.1, 0.15) is 5.75 Å². The Hall–Kier alpha value is -3.13. The SMILES string of the molecule is COc1ccccc1Nc1cnc2ccc(N=C(N)SC(=N)C3CCCC3)nc2c1. The maximum absolute atomic E-state index is 8.23. The molecular formula is C22H24N6OS. The number of ether oxygens (including phenoxy) is 1. The predicted octanol–water partition coefficient (Wildman–Crippen LogP) is 5.23. The number of aromatic nitrogens is 2. The molecule has 4 rings (SSSR count). The molecule has 1 fully saturated rings. The third-order valence-corrected chi connectivity index (χ3v) is 5.93. The number of hydrogen-bond donors (Lipinski definition) is 3. The highest BCUT2D eigenvalue weighted by molar-refractivity contribution is 8.26. The third kappa shape index (κ3) is 4.71. The molecule has 1 saturated carbocycles. The van der Waals surface area contributed by atoms with Crippen molar-refractivity contribution in [3.63, 3.8) is 0 Å². The first-order valence-corrected chi connectivity index (χ1v) is 10.7. The molecular weight excluding hydrogens is 396 g/mol. The molecule has 8 heteroatoms. The molecule has 3 aromatic rings. The summed E-state index contributed by atoms with van der Waals surface area (Å²) in [7, 11) is 1.64. The number of anilines is 2. The van der Waals surface area contributed by atoms with Crippen LogP contribution in [0.5, 0.6) is 5.75 Å². The van der Waals surface area contributed by atoms with Gasteiger partial charge < -0.3 is 15.8 Å². The predicted molar refractivity (Wildman–Crippen MR) is 124 cm³/mol. The number of hydrogen-bond acceptors (Lipinski definition) is 7. The van der Waals surface area contributed by atoms with Crippen molar-refractivity contribution in [2.24, 2.45) is 16.6 Å². The molecule has 0 bridgehead atoms. The van der Waals surface area contributed by atoms with Crippen LogP contribution in [0.4, 0.5) is 17.2 Å². The normalized spacial score (nSPS) is 14.8. The number of benzene rings is 1. The molecule has 0 saturated heterocycles. The zero-order valence-corrected chi connectivity index (χ0v) is 17.6. The molecule has 7 nitrogen and oxygen atoms in total. The van der Waals surface area contributed by atoms with Gasteiger partial charge in [0.05, 0.1) is 40.8 Å². The number of fused-ring (bicyclic) bond motifs is 1. The number of rotatable bonds is 5. The number of pyridine rings is 2. The Kier molecular flexibility index (Phi) is 6.13. The molecule has 4 N–H and O–H groups in total. The fraction of sp³-hybridized carbons (Fsp3) is 0.273. The van der Waals surface area contributed by atoms with E-state index in [4.69, 9.17) is 15.9 Å². The smallest absolute Gasteiger partial charge is 0.166 e. The largest absolute Gasteiger partial charge is 0.495 e. The van der Waals surface area contributed by atoms with Crippen molar-refractivity contribution in [3.05, 3.63) is 48.7 Å². The number of thioether (sulfide) groups is 1. The van der Waals surface area contributed by atoms with Crippen LogP contribution in [0.25, 0.3) is 11.0 Å². The third-order valence-electron chi connectivity index (χ3n) is 5.07. The first kappa shape index (κ1) is 20.2. The van der Waals surface area contributed by atoms with E-state index in [2.05, 4.69) is 20.3 Å². The van der Waals surface area contributed by atoms with Crippen molar-refractivity contribution in [2.45, 2.75) is 25.7 Å². The lowest BCUT2D eigenvalue weighted by Gasteiger charge is -2.11. The second-order valence-electron chi connectivity index (χ2n) is 7.15. The first-order chi connectivity index (χ1) is 14.6. The van der Waals surface area contributed by atoms with Gasteiger partial charge in [-0.25, -0.2) is 9.98 Å². The van der Waals surface area contributed by atoms with Gasteiger partial charge in [-0.1, -0.05) is 25.0 Å². The van der Waals surface area contributed by atoms with Gasteiger partial charge in [-0.05, 0) is 54.9 Å². The van der Waals surface area contributed by atoms with E-state index in [1.54, 1.807) is 19.4 Å². The van der Waals surface area contributed by atoms with Crippen LogP contribution in [-0.4, -0.2) is 27.3 Å². The summed E-state index contributed by atoms with van der Waals surface area (Å²) in [4.78, 5) is 13.4. The summed E-state index contributed by atoms with van der Waals surface area (Å²) in [6.45, 7) is 0. The van der Waals surface area contributed by atoms with Crippen molar-refractivity contribution >= 4 is 50.2 Å². The molecule has 0 radical (unpaired) electrons. The number of nitrogens with one attached hydrogen (secondary N) is 2. The number of nitrogens with two attached hydrogens (primary N) is 1. The van der Waals surface area contributed by atoms with E-state index in [1.165, 1.54) is 24.6 Å². The van der Waals surface area contributed by atoms with E-state index >= 15 is 0 Å². The van der Waals surface area contributed by atoms with Crippen LogP contribution < -0.4 is 15.8 Å². The van der Waals surface area contributed by atoms with Crippen LogP contribution >= 0.6 is 11.8 Å². The second kappa shape index (κ2) is 9.13. The van der Waals surface area contributed by atoms with Crippen molar-refractivity contribution in [1.29, 1.82) is 5.41 Å². The maximum Gasteiger partial charge on any atom is 0.166 e. The Labute approximate surface area is 179 Å². The summed E-state index contributed by atoms with van der Waals surface area (Å²) in [6.07, 6.45) is 6.28. The minimum absolute atomic E-state index is 0.320. The Morgan fingerprint density at radius 1 is 1.20 bits per heavy atom. The topological polar surface area (TPSA) is 109 Å². The van der Waals surface area contributed by atoms with Crippen molar-refractivity contribution in [3.8, 4) is 5.75 Å². The number of nitrogens with zero attached hydrogens (tertiary/aromatic N) is 3. The van der Waals surface area contributed by atoms with E-state index in [1.807, 2.05) is 36.4 Å². The number of aliphatic imine (C=N–C) groups is 1. The fourth-order valence-corrected chi connectivity index (χ4v) is 4.32. The van der Waals surface area contributed by atoms with Crippen molar-refractivity contribution in [1.82, 2.24) is 9.97 Å². The van der Waals surface area contributed by atoms with Crippen LogP contribution in [0.2, 0.25) is 0 Å². The molecule has 0 spiro atoms. The zero-order valence-electron chi connectivity index (χ0n) is 16.8. The van der Waals surface area contributed by atoms with Gasteiger partial charge in [0.25, 0.3) is 0 Å². The molecule has 154 valence electrons. The molecule has 1 aliphatic rings. The summed E-state index contributed by atoms with van der Waals surface area (Å²) in [6, 6.07) is 13.3. The van der Waals surface area contributed by atoms with Crippen LogP contribution in [0.15, 0.2) is 53.7 Å². The Bertz CT molecular complexity index is 1090. The average Bonchev–Trinajstić information content (AvgIpc) is 3.29. The lowest BCUT2D eigenvalue weighted by Crippen LogP contribution is -2.14. The first-order valence-electron chi connectivity index (χ1n) is 9.89. The summed E-state index contributed by atoms with van der Waals surface area (Å²) < 4.78 is 5.39. The highest BCUT2D eigenvalue weighted by Crippen LogP contribution is 2.30. The van der Waals surface area contributed by atoms with E-state index in [0.29, 0.717) is 27.5 Å². The van der Waals surface area contributed by atoms with Gasteiger partial charge in [0, 0.05) is 5.92 Å². The molecule has 30 heavy (non-hydrogen) atoms. The van der Waals surface area contributed by atoms with Gasteiger partial charge in [0.2, 0.25) is 0 Å². The zero-order chi connectivity index (χ0) is 20.9. The molecule has 0 unspecified atom stereocenters. The monoisotopic (exact) mass is 420 g/mol. The second-order valence-corrected chi connectivity index (χ2v) is 8.22. The quantitative estimate of drug-likeness (QED) is 0.385. The van der Waals surface area contributed by atoms with Crippen LogP contribution in [0.3, 0.4) is 0 Å². The molecule has 1 aromatic carbocycles. The highest BCUT2D eigenvalue weighted by Gasteiger charge is 2.21. The van der Waals surface area contributed by atoms with Gasteiger partial charge >= 0.3 is 0 Å². The molecule has 2 aromatic heterocycles. The molecule has 0 atom stereocenters. The minimum Gasteiger partial charge on any atom is -0.495 e. The number of amidine groups is 1. The maximum atomic E-state index is 8.23.